The van der Waals surface area contributed by atoms with Crippen molar-refractivity contribution in [2.24, 2.45) is 0 Å². The number of rotatable bonds is 24. The molecule has 2 aliphatic heterocycles. The molecule has 278 valence electrons. The minimum atomic E-state index is -0.322. The number of methoxy groups -OCH3 is 3. The fourth-order valence-corrected chi connectivity index (χ4v) is 7.00. The summed E-state index contributed by atoms with van der Waals surface area (Å²) in [6.45, 7) is 3.04. The van der Waals surface area contributed by atoms with Crippen molar-refractivity contribution < 1.29 is 42.7 Å². The largest absolute Gasteiger partial charge is 0.460 e. The third-order valence-corrected chi connectivity index (χ3v) is 9.78. The molecule has 0 N–H and O–H groups in total. The Morgan fingerprint density at radius 1 is 0.617 bits per heavy atom. The van der Waals surface area contributed by atoms with Gasteiger partial charge < -0.3 is 37.9 Å². The van der Waals surface area contributed by atoms with Gasteiger partial charge in [-0.2, -0.15) is 0 Å². The summed E-state index contributed by atoms with van der Waals surface area (Å²) in [4.78, 5) is 13.1. The molecule has 0 aromatic carbocycles. The van der Waals surface area contributed by atoms with Crippen LogP contribution in [0.25, 0.3) is 0 Å². The van der Waals surface area contributed by atoms with Crippen LogP contribution in [0.4, 0.5) is 0 Å². The van der Waals surface area contributed by atoms with Crippen molar-refractivity contribution in [2.45, 2.75) is 198 Å². The van der Waals surface area contributed by atoms with Crippen LogP contribution in [-0.4, -0.2) is 84.3 Å². The maximum absolute atomic E-state index is 13.1. The predicted octanol–water partition coefficient (Wildman–Crippen LogP) is 9.03. The third kappa shape index (κ3) is 20.5. The highest BCUT2D eigenvalue weighted by Gasteiger charge is 2.38. The van der Waals surface area contributed by atoms with Crippen LogP contribution < -0.4 is 0 Å². The van der Waals surface area contributed by atoms with E-state index in [1.54, 1.807) is 21.3 Å². The van der Waals surface area contributed by atoms with Crippen LogP contribution in [0.15, 0.2) is 0 Å². The van der Waals surface area contributed by atoms with Gasteiger partial charge >= 0.3 is 5.97 Å². The quantitative estimate of drug-likeness (QED) is 0.0566. The molecule has 2 heterocycles. The molecule has 2 aliphatic rings. The van der Waals surface area contributed by atoms with Crippen molar-refractivity contribution in [3.63, 3.8) is 0 Å². The highest BCUT2D eigenvalue weighted by atomic mass is 16.7. The molecule has 0 aromatic heterocycles. The molecular formula is C38H72O9. The first kappa shape index (κ1) is 42.4. The molecule has 0 spiro atoms. The van der Waals surface area contributed by atoms with Crippen LogP contribution in [-0.2, 0) is 42.7 Å². The van der Waals surface area contributed by atoms with Gasteiger partial charge in [-0.05, 0) is 51.4 Å². The fraction of sp³-hybridized carbons (Fsp3) is 0.974. The van der Waals surface area contributed by atoms with E-state index in [2.05, 4.69) is 6.92 Å². The molecular weight excluding hydrogens is 600 g/mol. The zero-order valence-electron chi connectivity index (χ0n) is 30.7. The van der Waals surface area contributed by atoms with Gasteiger partial charge in [-0.15, -0.1) is 0 Å². The normalized spacial score (nSPS) is 25.8. The van der Waals surface area contributed by atoms with E-state index in [4.69, 9.17) is 37.9 Å². The number of carbonyl (C=O) groups is 1. The third-order valence-electron chi connectivity index (χ3n) is 9.78. The van der Waals surface area contributed by atoms with Gasteiger partial charge in [-0.3, -0.25) is 4.79 Å². The van der Waals surface area contributed by atoms with Gasteiger partial charge in [0, 0.05) is 27.8 Å². The summed E-state index contributed by atoms with van der Waals surface area (Å²) >= 11 is 0. The van der Waals surface area contributed by atoms with Gasteiger partial charge in [-0.1, -0.05) is 103 Å². The number of carbonyl (C=O) groups excluding carboxylic acids is 1. The summed E-state index contributed by atoms with van der Waals surface area (Å²) in [6.07, 6.45) is 25.7. The van der Waals surface area contributed by atoms with Crippen molar-refractivity contribution in [1.29, 1.82) is 0 Å². The molecule has 0 unspecified atom stereocenters. The molecule has 0 aromatic rings. The first-order valence-corrected chi connectivity index (χ1v) is 19.3. The van der Waals surface area contributed by atoms with Gasteiger partial charge in [0.2, 0.25) is 0 Å². The number of esters is 1. The molecule has 6 atom stereocenters. The molecule has 0 radical (unpaired) electrons. The Balaban J connectivity index is 1.89. The predicted molar refractivity (Wildman–Crippen MR) is 185 cm³/mol. The summed E-state index contributed by atoms with van der Waals surface area (Å²) in [6, 6.07) is 0. The zero-order valence-corrected chi connectivity index (χ0v) is 30.7. The molecule has 2 saturated heterocycles. The molecule has 9 nitrogen and oxygen atoms in total. The second-order valence-electron chi connectivity index (χ2n) is 13.8. The van der Waals surface area contributed by atoms with E-state index in [-0.39, 0.29) is 63.0 Å². The molecule has 0 aliphatic carbocycles. The average molecular weight is 673 g/mol. The topological polar surface area (TPSA) is 90.9 Å². The number of cyclic esters (lactones) is 1. The highest BCUT2D eigenvalue weighted by molar-refractivity contribution is 5.69. The Morgan fingerprint density at radius 2 is 1.17 bits per heavy atom. The van der Waals surface area contributed by atoms with Crippen LogP contribution in [0, 0.1) is 0 Å². The van der Waals surface area contributed by atoms with E-state index in [0.29, 0.717) is 19.3 Å². The van der Waals surface area contributed by atoms with E-state index in [1.807, 2.05) is 0 Å². The standard InChI is InChI=1S/C38H72O9/c1-5-6-7-8-9-10-11-12-13-14-15-19-22-34(45-31-42-4)35-26-27-36(46-35)37-25-23-32(43-29-40-2)20-17-16-18-21-33(44-30-41-3)24-28-38(39)47-37/h32-37H,5-31H2,1-4H3/t32-,33-,34+,35-,36-,37-/m1/s1. The van der Waals surface area contributed by atoms with Crippen LogP contribution in [0.2, 0.25) is 0 Å². The summed E-state index contributed by atoms with van der Waals surface area (Å²) in [5.41, 5.74) is 0. The monoisotopic (exact) mass is 673 g/mol. The molecule has 2 rings (SSSR count). The maximum atomic E-state index is 13.1. The Labute approximate surface area is 287 Å². The second-order valence-corrected chi connectivity index (χ2v) is 13.8. The van der Waals surface area contributed by atoms with Crippen LogP contribution in [0.3, 0.4) is 0 Å². The van der Waals surface area contributed by atoms with E-state index >= 15 is 0 Å². The van der Waals surface area contributed by atoms with Crippen molar-refractivity contribution in [3.8, 4) is 0 Å². The van der Waals surface area contributed by atoms with Gasteiger partial charge in [0.15, 0.2) is 0 Å². The smallest absolute Gasteiger partial charge is 0.306 e. The lowest BCUT2D eigenvalue weighted by Gasteiger charge is -2.29. The van der Waals surface area contributed by atoms with Crippen LogP contribution in [0.5, 0.6) is 0 Å². The average Bonchev–Trinajstić information content (AvgIpc) is 3.57. The molecule has 47 heavy (non-hydrogen) atoms. The van der Waals surface area contributed by atoms with Crippen molar-refractivity contribution in [3.05, 3.63) is 0 Å². The Bertz CT molecular complexity index is 723. The lowest BCUT2D eigenvalue weighted by Crippen LogP contribution is -2.36. The van der Waals surface area contributed by atoms with Crippen LogP contribution in [0.1, 0.15) is 161 Å². The molecule has 0 bridgehead atoms. The summed E-state index contributed by atoms with van der Waals surface area (Å²) in [7, 11) is 4.95. The zero-order chi connectivity index (χ0) is 33.8. The maximum Gasteiger partial charge on any atom is 0.306 e. The summed E-state index contributed by atoms with van der Waals surface area (Å²) in [5, 5.41) is 0. The van der Waals surface area contributed by atoms with E-state index in [1.165, 1.54) is 70.6 Å². The molecule has 0 saturated carbocycles. The van der Waals surface area contributed by atoms with Crippen molar-refractivity contribution in [1.82, 2.24) is 0 Å². The highest BCUT2D eigenvalue weighted by Crippen LogP contribution is 2.32. The Kier molecular flexibility index (Phi) is 26.1. The minimum Gasteiger partial charge on any atom is -0.460 e. The summed E-state index contributed by atoms with van der Waals surface area (Å²) in [5.74, 6) is -0.192. The second kappa shape index (κ2) is 29.0. The fourth-order valence-electron chi connectivity index (χ4n) is 7.00. The van der Waals surface area contributed by atoms with Gasteiger partial charge in [0.1, 0.15) is 26.5 Å². The summed E-state index contributed by atoms with van der Waals surface area (Å²) < 4.78 is 46.6. The van der Waals surface area contributed by atoms with Gasteiger partial charge in [-0.25, -0.2) is 0 Å². The molecule has 2 fully saturated rings. The van der Waals surface area contributed by atoms with Crippen LogP contribution >= 0.6 is 0 Å². The van der Waals surface area contributed by atoms with E-state index in [9.17, 15) is 4.79 Å². The first-order chi connectivity index (χ1) is 23.1. The van der Waals surface area contributed by atoms with Crippen molar-refractivity contribution >= 4 is 5.97 Å². The van der Waals surface area contributed by atoms with E-state index < -0.39 is 0 Å². The lowest BCUT2D eigenvalue weighted by atomic mass is 9.98. The Morgan fingerprint density at radius 3 is 1.77 bits per heavy atom. The van der Waals surface area contributed by atoms with Crippen molar-refractivity contribution in [2.75, 3.05) is 41.7 Å². The van der Waals surface area contributed by atoms with Gasteiger partial charge in [0.25, 0.3) is 0 Å². The number of ether oxygens (including phenoxy) is 8. The molecule has 0 amide bonds. The minimum absolute atomic E-state index is 0.0180. The van der Waals surface area contributed by atoms with Gasteiger partial charge in [0.05, 0.1) is 30.5 Å². The Hall–Kier alpha value is -0.810. The van der Waals surface area contributed by atoms with E-state index in [0.717, 1.165) is 64.2 Å². The number of unbranched alkanes of at least 4 members (excludes halogenated alkanes) is 11. The number of hydrogen-bond acceptors (Lipinski definition) is 9. The number of hydrogen-bond donors (Lipinski definition) is 0. The lowest BCUT2D eigenvalue weighted by molar-refractivity contribution is -0.167. The molecule has 9 heteroatoms. The first-order valence-electron chi connectivity index (χ1n) is 19.3. The SMILES string of the molecule is CCCCCCCCCCCCCC[C@H](OCOC)[C@H]1CC[C@H]([C@H]2CC[C@H](OCOC)CCCCC[C@@H](OCOC)CCC(=O)O2)O1.